The molecule has 0 unspecified atom stereocenters. The summed E-state index contributed by atoms with van der Waals surface area (Å²) in [4.78, 5) is 18.0. The molecule has 280 valence electrons. The lowest BCUT2D eigenvalue weighted by Crippen LogP contribution is -2.31. The molecular formula is C46H39N3O6S. The first-order valence-electron chi connectivity index (χ1n) is 18.3. The number of para-hydroxylation sites is 1. The van der Waals surface area contributed by atoms with Gasteiger partial charge in [0, 0.05) is 40.2 Å². The number of ether oxygens (including phenoxy) is 3. The smallest absolute Gasteiger partial charge is 0.323 e. The zero-order valence-electron chi connectivity index (χ0n) is 30.3. The first-order chi connectivity index (χ1) is 27.6. The maximum absolute atomic E-state index is 13.1. The van der Waals surface area contributed by atoms with E-state index in [4.69, 9.17) is 23.6 Å². The van der Waals surface area contributed by atoms with E-state index in [9.17, 15) is 9.90 Å². The van der Waals surface area contributed by atoms with Crippen LogP contribution in [0, 0.1) is 0 Å². The number of nitrogens with zero attached hydrogens (tertiary/aromatic N) is 1. The highest BCUT2D eigenvalue weighted by Gasteiger charge is 2.33. The molecule has 2 heterocycles. The molecule has 0 bridgehead atoms. The van der Waals surface area contributed by atoms with E-state index in [1.54, 1.807) is 24.3 Å². The lowest BCUT2D eigenvalue weighted by Gasteiger charge is -2.36. The van der Waals surface area contributed by atoms with Gasteiger partial charge in [-0.2, -0.15) is 0 Å². The van der Waals surface area contributed by atoms with Gasteiger partial charge >= 0.3 is 6.03 Å². The van der Waals surface area contributed by atoms with Crippen molar-refractivity contribution in [3.8, 4) is 34.1 Å². The maximum Gasteiger partial charge on any atom is 0.323 e. The summed E-state index contributed by atoms with van der Waals surface area (Å²) in [6.07, 6.45) is -0.648. The molecule has 3 atom stereocenters. The third-order valence-corrected chi connectivity index (χ3v) is 10.2. The molecule has 6 aromatic carbocycles. The Bertz CT molecular complexity index is 2280. The number of oxazole rings is 1. The molecule has 7 aromatic rings. The van der Waals surface area contributed by atoms with Crippen molar-refractivity contribution in [1.82, 2.24) is 4.98 Å². The second-order valence-electron chi connectivity index (χ2n) is 13.2. The van der Waals surface area contributed by atoms with Gasteiger partial charge in [-0.05, 0) is 59.7 Å². The highest BCUT2D eigenvalue weighted by atomic mass is 32.2. The topological polar surface area (TPSA) is 115 Å². The van der Waals surface area contributed by atoms with Crippen LogP contribution in [0.1, 0.15) is 35.5 Å². The van der Waals surface area contributed by atoms with Crippen LogP contribution in [0.3, 0.4) is 0 Å². The van der Waals surface area contributed by atoms with Gasteiger partial charge in [-0.1, -0.05) is 127 Å². The number of hydrogen-bond acceptors (Lipinski definition) is 8. The second kappa shape index (κ2) is 17.5. The minimum Gasteiger partial charge on any atom is -0.457 e. The molecule has 1 fully saturated rings. The number of benzene rings is 6. The monoisotopic (exact) mass is 761 g/mol. The van der Waals surface area contributed by atoms with Gasteiger partial charge in [-0.25, -0.2) is 9.78 Å². The molecule has 8 rings (SSSR count). The SMILES string of the molecule is O=C(Nc1ccc(Oc2ccccc2)cc1)Nc1cccc([C@@H]2O[C@H](CSc3nc(-c4ccccc4)c(-c4ccccc4)o3)C[C@H](c3ccc(CO)cc3)O2)c1. The van der Waals surface area contributed by atoms with Crippen LogP contribution in [-0.4, -0.2) is 28.0 Å². The summed E-state index contributed by atoms with van der Waals surface area (Å²) in [5, 5.41) is 16.0. The lowest BCUT2D eigenvalue weighted by molar-refractivity contribution is -0.245. The summed E-state index contributed by atoms with van der Waals surface area (Å²) in [7, 11) is 0. The van der Waals surface area contributed by atoms with Crippen molar-refractivity contribution in [2.45, 2.75) is 36.7 Å². The maximum atomic E-state index is 13.1. The Labute approximate surface area is 329 Å². The zero-order valence-corrected chi connectivity index (χ0v) is 31.1. The van der Waals surface area contributed by atoms with E-state index >= 15 is 0 Å². The van der Waals surface area contributed by atoms with Gasteiger partial charge < -0.3 is 34.4 Å². The molecule has 0 radical (unpaired) electrons. The molecule has 0 saturated carbocycles. The van der Waals surface area contributed by atoms with Gasteiger partial charge in [0.25, 0.3) is 5.22 Å². The molecule has 1 aliphatic rings. The Balaban J connectivity index is 0.972. The van der Waals surface area contributed by atoms with E-state index in [2.05, 4.69) is 10.6 Å². The number of urea groups is 1. The summed E-state index contributed by atoms with van der Waals surface area (Å²) in [6, 6.07) is 51.6. The summed E-state index contributed by atoms with van der Waals surface area (Å²) in [5.41, 5.74) is 6.47. The van der Waals surface area contributed by atoms with Crippen LogP contribution >= 0.6 is 11.8 Å². The first-order valence-corrected chi connectivity index (χ1v) is 19.3. The number of aromatic nitrogens is 1. The van der Waals surface area contributed by atoms with E-state index < -0.39 is 12.3 Å². The third-order valence-electron chi connectivity index (χ3n) is 9.21. The first kappa shape index (κ1) is 36.8. The van der Waals surface area contributed by atoms with Gasteiger partial charge in [0.1, 0.15) is 17.2 Å². The number of aliphatic hydroxyl groups is 1. The highest BCUT2D eigenvalue weighted by Crippen LogP contribution is 2.41. The predicted octanol–water partition coefficient (Wildman–Crippen LogP) is 11.3. The summed E-state index contributed by atoms with van der Waals surface area (Å²) in [6.45, 7) is -0.0375. The Morgan fingerprint density at radius 1 is 0.696 bits per heavy atom. The molecule has 1 aliphatic heterocycles. The number of hydrogen-bond donors (Lipinski definition) is 3. The summed E-state index contributed by atoms with van der Waals surface area (Å²) in [5.74, 6) is 2.67. The van der Waals surface area contributed by atoms with Gasteiger partial charge in [0.15, 0.2) is 12.1 Å². The molecule has 3 N–H and O–H groups in total. The quantitative estimate of drug-likeness (QED) is 0.105. The molecule has 2 amide bonds. The van der Waals surface area contributed by atoms with Crippen LogP contribution in [0.15, 0.2) is 173 Å². The van der Waals surface area contributed by atoms with Crippen molar-refractivity contribution in [3.63, 3.8) is 0 Å². The fraction of sp³-hybridized carbons (Fsp3) is 0.130. The Kier molecular flexibility index (Phi) is 11.5. The average Bonchev–Trinajstić information content (AvgIpc) is 3.69. The number of anilines is 2. The van der Waals surface area contributed by atoms with Gasteiger partial charge in [0.2, 0.25) is 0 Å². The van der Waals surface area contributed by atoms with Crippen LogP contribution < -0.4 is 15.4 Å². The number of aliphatic hydroxyl groups excluding tert-OH is 1. The number of carbonyl (C=O) groups is 1. The molecule has 1 saturated heterocycles. The van der Waals surface area contributed by atoms with E-state index in [1.165, 1.54) is 11.8 Å². The fourth-order valence-electron chi connectivity index (χ4n) is 6.41. The predicted molar refractivity (Wildman–Crippen MR) is 219 cm³/mol. The van der Waals surface area contributed by atoms with E-state index in [0.29, 0.717) is 34.5 Å². The number of nitrogens with one attached hydrogen (secondary N) is 2. The van der Waals surface area contributed by atoms with Crippen molar-refractivity contribution in [3.05, 3.63) is 180 Å². The van der Waals surface area contributed by atoms with Crippen LogP contribution in [0.4, 0.5) is 16.2 Å². The van der Waals surface area contributed by atoms with E-state index in [0.717, 1.165) is 45.0 Å². The molecule has 56 heavy (non-hydrogen) atoms. The molecule has 0 aliphatic carbocycles. The van der Waals surface area contributed by atoms with E-state index in [1.807, 2.05) is 140 Å². The summed E-state index contributed by atoms with van der Waals surface area (Å²) < 4.78 is 25.5. The van der Waals surface area contributed by atoms with Gasteiger partial charge in [-0.3, -0.25) is 0 Å². The molecule has 9 nitrogen and oxygen atoms in total. The Hall–Kier alpha value is -6.17. The number of amides is 2. The van der Waals surface area contributed by atoms with Crippen LogP contribution in [0.25, 0.3) is 22.6 Å². The number of carbonyl (C=O) groups excluding carboxylic acids is 1. The largest absolute Gasteiger partial charge is 0.457 e. The molecular weight excluding hydrogens is 723 g/mol. The lowest BCUT2D eigenvalue weighted by atomic mass is 10.0. The van der Waals surface area contributed by atoms with Crippen molar-refractivity contribution in [1.29, 1.82) is 0 Å². The van der Waals surface area contributed by atoms with Crippen LogP contribution in [0.2, 0.25) is 0 Å². The zero-order chi connectivity index (χ0) is 38.1. The molecule has 1 aromatic heterocycles. The minimum atomic E-state index is -0.719. The van der Waals surface area contributed by atoms with Gasteiger partial charge in [-0.15, -0.1) is 0 Å². The Morgan fingerprint density at radius 3 is 2.07 bits per heavy atom. The van der Waals surface area contributed by atoms with Crippen molar-refractivity contribution in [2.75, 3.05) is 16.4 Å². The normalized spacial score (nSPS) is 16.6. The van der Waals surface area contributed by atoms with Crippen molar-refractivity contribution in [2.24, 2.45) is 0 Å². The van der Waals surface area contributed by atoms with Gasteiger partial charge in [0.05, 0.1) is 18.8 Å². The average molecular weight is 762 g/mol. The molecule has 10 heteroatoms. The fourth-order valence-corrected chi connectivity index (χ4v) is 7.25. The van der Waals surface area contributed by atoms with Crippen LogP contribution in [0.5, 0.6) is 11.5 Å². The van der Waals surface area contributed by atoms with Crippen LogP contribution in [-0.2, 0) is 16.1 Å². The second-order valence-corrected chi connectivity index (χ2v) is 14.2. The number of rotatable bonds is 12. The number of thioether (sulfide) groups is 1. The third kappa shape index (κ3) is 9.19. The van der Waals surface area contributed by atoms with E-state index in [-0.39, 0.29) is 18.8 Å². The van der Waals surface area contributed by atoms with Crippen molar-refractivity contribution >= 4 is 29.2 Å². The Morgan fingerprint density at radius 2 is 1.36 bits per heavy atom. The standard InChI is InChI=1S/C46H39N3O6S/c50-29-31-19-21-32(22-20-31)41-28-40(30-56-46-49-42(33-11-4-1-5-12-33)43(55-46)34-13-6-2-7-14-34)53-44(54-41)35-15-10-16-37(27-35)48-45(51)47-36-23-25-39(26-24-36)52-38-17-8-3-9-18-38/h1-27,40-41,44,50H,28-30H2,(H2,47,48,51)/t40-,41+,44+/m0/s1. The van der Waals surface area contributed by atoms with Crippen molar-refractivity contribution < 1.29 is 28.5 Å². The highest BCUT2D eigenvalue weighted by molar-refractivity contribution is 7.99. The summed E-state index contributed by atoms with van der Waals surface area (Å²) >= 11 is 1.50. The minimum absolute atomic E-state index is 0.0375. The molecule has 0 spiro atoms.